The molecular formula is C23H17ClN4O3. The largest absolute Gasteiger partial charge is 0.506 e. The number of para-hydroxylation sites is 2. The van der Waals surface area contributed by atoms with Gasteiger partial charge in [0.1, 0.15) is 17.1 Å². The van der Waals surface area contributed by atoms with Gasteiger partial charge >= 0.3 is 0 Å². The number of amides is 1. The fourth-order valence-electron chi connectivity index (χ4n) is 3.06. The summed E-state index contributed by atoms with van der Waals surface area (Å²) in [6.07, 6.45) is 2.84. The van der Waals surface area contributed by atoms with Gasteiger partial charge in [0, 0.05) is 23.0 Å². The number of carbonyl (C=O) groups is 1. The Morgan fingerprint density at radius 2 is 1.74 bits per heavy atom. The summed E-state index contributed by atoms with van der Waals surface area (Å²) >= 11 is 5.90. The molecule has 0 aliphatic carbocycles. The van der Waals surface area contributed by atoms with Crippen LogP contribution >= 0.6 is 11.6 Å². The van der Waals surface area contributed by atoms with Crippen molar-refractivity contribution >= 4 is 23.2 Å². The van der Waals surface area contributed by atoms with Gasteiger partial charge in [-0.1, -0.05) is 29.8 Å². The van der Waals surface area contributed by atoms with E-state index < -0.39 is 11.5 Å². The Morgan fingerprint density at radius 1 is 1.00 bits per heavy atom. The molecule has 2 heterocycles. The van der Waals surface area contributed by atoms with Gasteiger partial charge in [-0.3, -0.25) is 19.5 Å². The van der Waals surface area contributed by atoms with Crippen LogP contribution in [0, 0.1) is 0 Å². The molecule has 0 saturated carbocycles. The van der Waals surface area contributed by atoms with Gasteiger partial charge in [0.15, 0.2) is 0 Å². The summed E-state index contributed by atoms with van der Waals surface area (Å²) in [7, 11) is 0. The van der Waals surface area contributed by atoms with E-state index in [0.717, 1.165) is 0 Å². The standard InChI is InChI=1S/C23H17ClN4O3/c24-16-10-8-15(9-11-16)21-26-13-18(22(30)27-21)23(31)28(14-17-5-3-4-12-25-17)19-6-1-2-7-20(19)29/h1-13,29H,14H2,(H,26,27,30). The van der Waals surface area contributed by atoms with E-state index >= 15 is 0 Å². The highest BCUT2D eigenvalue weighted by Crippen LogP contribution is 2.28. The maximum absolute atomic E-state index is 13.3. The molecule has 2 aromatic carbocycles. The van der Waals surface area contributed by atoms with Gasteiger partial charge in [-0.2, -0.15) is 0 Å². The van der Waals surface area contributed by atoms with E-state index in [1.54, 1.807) is 66.9 Å². The summed E-state index contributed by atoms with van der Waals surface area (Å²) in [6.45, 7) is 0.0651. The van der Waals surface area contributed by atoms with E-state index in [1.165, 1.54) is 17.2 Å². The summed E-state index contributed by atoms with van der Waals surface area (Å²) in [5.74, 6) is -0.380. The molecule has 7 nitrogen and oxygen atoms in total. The summed E-state index contributed by atoms with van der Waals surface area (Å²) in [6, 6.07) is 18.5. The lowest BCUT2D eigenvalue weighted by molar-refractivity contribution is 0.0982. The zero-order chi connectivity index (χ0) is 21.8. The zero-order valence-corrected chi connectivity index (χ0v) is 17.0. The summed E-state index contributed by atoms with van der Waals surface area (Å²) < 4.78 is 0. The third-order valence-electron chi connectivity index (χ3n) is 4.61. The zero-order valence-electron chi connectivity index (χ0n) is 16.2. The number of phenolic OH excluding ortho intramolecular Hbond substituents is 1. The smallest absolute Gasteiger partial charge is 0.265 e. The maximum Gasteiger partial charge on any atom is 0.265 e. The number of aromatic hydroxyl groups is 1. The first-order valence-electron chi connectivity index (χ1n) is 9.38. The highest BCUT2D eigenvalue weighted by atomic mass is 35.5. The van der Waals surface area contributed by atoms with Crippen molar-refractivity contribution in [3.05, 3.63) is 106 Å². The van der Waals surface area contributed by atoms with Gasteiger partial charge in [0.2, 0.25) is 0 Å². The normalized spacial score (nSPS) is 10.6. The Hall–Kier alpha value is -3.97. The van der Waals surface area contributed by atoms with E-state index in [2.05, 4.69) is 15.0 Å². The Bertz CT molecular complexity index is 1270. The molecule has 2 N–H and O–H groups in total. The van der Waals surface area contributed by atoms with Crippen molar-refractivity contribution in [3.8, 4) is 17.1 Å². The first-order chi connectivity index (χ1) is 15.0. The fraction of sp³-hybridized carbons (Fsp3) is 0.0435. The minimum absolute atomic E-state index is 0.0651. The van der Waals surface area contributed by atoms with Gasteiger partial charge in [0.05, 0.1) is 17.9 Å². The molecule has 0 atom stereocenters. The molecule has 4 rings (SSSR count). The summed E-state index contributed by atoms with van der Waals surface area (Å²) in [5, 5.41) is 10.9. The molecule has 1 amide bonds. The van der Waals surface area contributed by atoms with Gasteiger partial charge in [0.25, 0.3) is 11.5 Å². The van der Waals surface area contributed by atoms with Crippen LogP contribution in [0.1, 0.15) is 16.1 Å². The summed E-state index contributed by atoms with van der Waals surface area (Å²) in [5.41, 5.74) is 0.774. The van der Waals surface area contributed by atoms with Crippen LogP contribution in [0.15, 0.2) is 83.9 Å². The lowest BCUT2D eigenvalue weighted by Crippen LogP contribution is -2.35. The number of nitrogens with one attached hydrogen (secondary N) is 1. The van der Waals surface area contributed by atoms with Gasteiger partial charge in [-0.25, -0.2) is 4.98 Å². The number of benzene rings is 2. The lowest BCUT2D eigenvalue weighted by Gasteiger charge is -2.23. The fourth-order valence-corrected chi connectivity index (χ4v) is 3.19. The number of H-pyrrole nitrogens is 1. The number of nitrogens with zero attached hydrogens (tertiary/aromatic N) is 3. The van der Waals surface area contributed by atoms with Crippen molar-refractivity contribution < 1.29 is 9.90 Å². The van der Waals surface area contributed by atoms with Crippen LogP contribution in [0.5, 0.6) is 5.75 Å². The van der Waals surface area contributed by atoms with Crippen LogP contribution in [0.2, 0.25) is 5.02 Å². The number of aromatic nitrogens is 3. The minimum atomic E-state index is -0.608. The predicted octanol–water partition coefficient (Wildman–Crippen LogP) is 4.04. The second kappa shape index (κ2) is 8.81. The van der Waals surface area contributed by atoms with E-state index in [9.17, 15) is 14.7 Å². The molecule has 0 spiro atoms. The van der Waals surface area contributed by atoms with Crippen molar-refractivity contribution in [2.75, 3.05) is 4.90 Å². The lowest BCUT2D eigenvalue weighted by atomic mass is 10.2. The van der Waals surface area contributed by atoms with Crippen molar-refractivity contribution in [2.45, 2.75) is 6.54 Å². The molecule has 0 bridgehead atoms. The van der Waals surface area contributed by atoms with Gasteiger partial charge in [-0.05, 0) is 48.5 Å². The van der Waals surface area contributed by atoms with Gasteiger partial charge in [-0.15, -0.1) is 0 Å². The van der Waals surface area contributed by atoms with Crippen LogP contribution in [-0.2, 0) is 6.54 Å². The molecular weight excluding hydrogens is 416 g/mol. The third-order valence-corrected chi connectivity index (χ3v) is 4.86. The summed E-state index contributed by atoms with van der Waals surface area (Å²) in [4.78, 5) is 38.5. The average Bonchev–Trinajstić information content (AvgIpc) is 2.79. The second-order valence-electron chi connectivity index (χ2n) is 6.68. The van der Waals surface area contributed by atoms with Crippen LogP contribution in [-0.4, -0.2) is 26.0 Å². The van der Waals surface area contributed by atoms with Crippen LogP contribution in [0.3, 0.4) is 0 Å². The number of phenols is 1. The average molecular weight is 433 g/mol. The van der Waals surface area contributed by atoms with E-state index in [0.29, 0.717) is 22.1 Å². The quantitative estimate of drug-likeness (QED) is 0.496. The molecule has 8 heteroatoms. The number of halogens is 1. The minimum Gasteiger partial charge on any atom is -0.506 e. The molecule has 154 valence electrons. The molecule has 4 aromatic rings. The molecule has 0 aliphatic rings. The first kappa shape index (κ1) is 20.3. The van der Waals surface area contributed by atoms with Crippen LogP contribution in [0.25, 0.3) is 11.4 Å². The first-order valence-corrected chi connectivity index (χ1v) is 9.76. The molecule has 0 unspecified atom stereocenters. The maximum atomic E-state index is 13.3. The monoisotopic (exact) mass is 432 g/mol. The van der Waals surface area contributed by atoms with Gasteiger partial charge < -0.3 is 10.1 Å². The van der Waals surface area contributed by atoms with Crippen molar-refractivity contribution in [3.63, 3.8) is 0 Å². The van der Waals surface area contributed by atoms with Crippen molar-refractivity contribution in [1.29, 1.82) is 0 Å². The Balaban J connectivity index is 1.72. The molecule has 0 fully saturated rings. The predicted molar refractivity (Wildman–Crippen MR) is 118 cm³/mol. The number of hydrogen-bond acceptors (Lipinski definition) is 5. The van der Waals surface area contributed by atoms with E-state index in [-0.39, 0.29) is 23.5 Å². The molecule has 0 aliphatic heterocycles. The molecule has 0 radical (unpaired) electrons. The topological polar surface area (TPSA) is 99.2 Å². The second-order valence-corrected chi connectivity index (χ2v) is 7.12. The van der Waals surface area contributed by atoms with E-state index in [4.69, 9.17) is 11.6 Å². The van der Waals surface area contributed by atoms with Crippen molar-refractivity contribution in [1.82, 2.24) is 15.0 Å². The number of rotatable bonds is 5. The Morgan fingerprint density at radius 3 is 2.42 bits per heavy atom. The molecule has 2 aromatic heterocycles. The SMILES string of the molecule is O=C(c1cnc(-c2ccc(Cl)cc2)[nH]c1=O)N(Cc1ccccn1)c1ccccc1O. The number of anilines is 1. The van der Waals surface area contributed by atoms with Crippen molar-refractivity contribution in [2.24, 2.45) is 0 Å². The molecule has 31 heavy (non-hydrogen) atoms. The van der Waals surface area contributed by atoms with Crippen LogP contribution < -0.4 is 10.5 Å². The Labute approximate surface area is 182 Å². The molecule has 0 saturated heterocycles. The number of aromatic amines is 1. The van der Waals surface area contributed by atoms with Crippen LogP contribution in [0.4, 0.5) is 5.69 Å². The Kier molecular flexibility index (Phi) is 5.77. The van der Waals surface area contributed by atoms with E-state index in [1.807, 2.05) is 0 Å². The third kappa shape index (κ3) is 4.46. The number of hydrogen-bond donors (Lipinski definition) is 2. The number of carbonyl (C=O) groups excluding carboxylic acids is 1. The highest BCUT2D eigenvalue weighted by Gasteiger charge is 2.24. The highest BCUT2D eigenvalue weighted by molar-refractivity contribution is 6.30. The number of pyridine rings is 1.